The minimum Gasteiger partial charge on any atom is -0.856 e. The summed E-state index contributed by atoms with van der Waals surface area (Å²) in [6.45, 7) is 1.34. The van der Waals surface area contributed by atoms with E-state index in [1.54, 1.807) is 0 Å². The molecule has 7 heteroatoms. The van der Waals surface area contributed by atoms with Gasteiger partial charge in [-0.1, -0.05) is 0 Å². The summed E-state index contributed by atoms with van der Waals surface area (Å²) in [6.07, 6.45) is -0.882. The van der Waals surface area contributed by atoms with Gasteiger partial charge < -0.3 is 10.2 Å². The monoisotopic (exact) mass is 196 g/mol. The third kappa shape index (κ3) is 6.18. The summed E-state index contributed by atoms with van der Waals surface area (Å²) in [7, 11) is -2.61. The normalized spacial score (nSPS) is 15.9. The zero-order valence-electron chi connectivity index (χ0n) is 6.56. The summed E-state index contributed by atoms with van der Waals surface area (Å²) in [5.41, 5.74) is 0. The molecule has 0 aliphatic carbocycles. The molecule has 0 aromatic rings. The van der Waals surface area contributed by atoms with Crippen molar-refractivity contribution in [2.75, 3.05) is 13.2 Å². The zero-order valence-corrected chi connectivity index (χ0v) is 7.45. The SMILES string of the molecule is CC([OH2+])C([O-])=NCCO[P+](=O)O. The molecule has 6 nitrogen and oxygen atoms in total. The van der Waals surface area contributed by atoms with Crippen LogP contribution in [0.5, 0.6) is 0 Å². The molecule has 0 bridgehead atoms. The van der Waals surface area contributed by atoms with Crippen LogP contribution in [0.15, 0.2) is 4.99 Å². The molecule has 0 aromatic heterocycles. The molecule has 0 aromatic carbocycles. The van der Waals surface area contributed by atoms with Crippen molar-refractivity contribution in [3.63, 3.8) is 0 Å². The van der Waals surface area contributed by atoms with E-state index in [1.807, 2.05) is 0 Å². The Labute approximate surface area is 70.5 Å². The second-order valence-corrected chi connectivity index (χ2v) is 2.75. The van der Waals surface area contributed by atoms with E-state index in [4.69, 9.17) is 10.00 Å². The fraction of sp³-hybridized carbons (Fsp3) is 0.800. The molecule has 70 valence electrons. The van der Waals surface area contributed by atoms with Gasteiger partial charge in [0.25, 0.3) is 0 Å². The molecule has 12 heavy (non-hydrogen) atoms. The van der Waals surface area contributed by atoms with Crippen molar-refractivity contribution in [2.45, 2.75) is 13.0 Å². The Kier molecular flexibility index (Phi) is 5.74. The molecule has 3 N–H and O–H groups in total. The second-order valence-electron chi connectivity index (χ2n) is 2.01. The van der Waals surface area contributed by atoms with E-state index in [1.165, 1.54) is 6.92 Å². The maximum Gasteiger partial charge on any atom is 0.694 e. The molecule has 0 saturated carbocycles. The minimum atomic E-state index is -2.61. The fourth-order valence-electron chi connectivity index (χ4n) is 0.412. The van der Waals surface area contributed by atoms with Crippen LogP contribution in [-0.4, -0.2) is 35.2 Å². The van der Waals surface area contributed by atoms with E-state index in [2.05, 4.69) is 9.52 Å². The van der Waals surface area contributed by atoms with Crippen LogP contribution in [0.1, 0.15) is 6.92 Å². The maximum absolute atomic E-state index is 10.6. The molecule has 2 atom stereocenters. The summed E-state index contributed by atoms with van der Waals surface area (Å²) in [4.78, 5) is 11.6. The number of rotatable bonds is 5. The number of hydrogen-bond acceptors (Lipinski definition) is 4. The minimum absolute atomic E-state index is 0.0175. The third-order valence-corrected chi connectivity index (χ3v) is 1.33. The Morgan fingerprint density at radius 2 is 2.50 bits per heavy atom. The van der Waals surface area contributed by atoms with Gasteiger partial charge in [-0.15, -0.1) is 9.42 Å². The highest BCUT2D eigenvalue weighted by molar-refractivity contribution is 7.32. The first-order valence-corrected chi connectivity index (χ1v) is 4.38. The average molecular weight is 196 g/mol. The van der Waals surface area contributed by atoms with Crippen LogP contribution in [0.2, 0.25) is 0 Å². The van der Waals surface area contributed by atoms with E-state index in [0.29, 0.717) is 0 Å². The van der Waals surface area contributed by atoms with Gasteiger partial charge in [0, 0.05) is 17.4 Å². The maximum atomic E-state index is 10.6. The molecule has 0 saturated heterocycles. The van der Waals surface area contributed by atoms with E-state index in [-0.39, 0.29) is 13.2 Å². The molecule has 0 aliphatic rings. The smallest absolute Gasteiger partial charge is 0.694 e. The topological polar surface area (TPSA) is 105 Å². The van der Waals surface area contributed by atoms with Crippen molar-refractivity contribution >= 4 is 14.2 Å². The molecule has 0 fully saturated rings. The molecule has 0 spiro atoms. The zero-order chi connectivity index (χ0) is 9.56. The van der Waals surface area contributed by atoms with E-state index >= 15 is 0 Å². The predicted octanol–water partition coefficient (Wildman–Crippen LogP) is -1.48. The number of hydrogen-bond donors (Lipinski definition) is 1. The van der Waals surface area contributed by atoms with Crippen LogP contribution in [-0.2, 0) is 9.09 Å². The van der Waals surface area contributed by atoms with E-state index < -0.39 is 20.3 Å². The van der Waals surface area contributed by atoms with Gasteiger partial charge in [-0.3, -0.25) is 4.99 Å². The third-order valence-electron chi connectivity index (χ3n) is 0.931. The van der Waals surface area contributed by atoms with Gasteiger partial charge in [0.2, 0.25) is 0 Å². The lowest BCUT2D eigenvalue weighted by atomic mass is 10.4. The van der Waals surface area contributed by atoms with Crippen LogP contribution < -0.4 is 5.11 Å². The predicted molar refractivity (Wildman–Crippen MR) is 41.2 cm³/mol. The van der Waals surface area contributed by atoms with Crippen LogP contribution in [0.4, 0.5) is 0 Å². The number of nitrogens with zero attached hydrogens (tertiary/aromatic N) is 1. The van der Waals surface area contributed by atoms with Crippen LogP contribution >= 0.6 is 8.25 Å². The first-order valence-electron chi connectivity index (χ1n) is 3.25. The van der Waals surface area contributed by atoms with Gasteiger partial charge in [-0.05, 0) is 0 Å². The molecule has 0 heterocycles. The summed E-state index contributed by atoms with van der Waals surface area (Å²) in [5.74, 6) is -0.549. The van der Waals surface area contributed by atoms with Crippen molar-refractivity contribution in [3.8, 4) is 0 Å². The van der Waals surface area contributed by atoms with Gasteiger partial charge in [0.15, 0.2) is 6.10 Å². The van der Waals surface area contributed by atoms with Crippen molar-refractivity contribution in [3.05, 3.63) is 0 Å². The molecule has 0 radical (unpaired) electrons. The summed E-state index contributed by atoms with van der Waals surface area (Å²) in [5, 5.41) is 17.6. The van der Waals surface area contributed by atoms with Gasteiger partial charge in [-0.2, -0.15) is 0 Å². The molecule has 2 unspecified atom stereocenters. The largest absolute Gasteiger partial charge is 0.856 e. The first-order chi connectivity index (χ1) is 5.54. The molecular formula is C5H11NO5P+. The van der Waals surface area contributed by atoms with Gasteiger partial charge in [0.05, 0.1) is 6.54 Å². The van der Waals surface area contributed by atoms with E-state index in [9.17, 15) is 9.67 Å². The van der Waals surface area contributed by atoms with Crippen molar-refractivity contribution < 1.29 is 24.2 Å². The lowest BCUT2D eigenvalue weighted by molar-refractivity contribution is -0.227. The molecule has 0 rings (SSSR count). The van der Waals surface area contributed by atoms with Gasteiger partial charge in [0.1, 0.15) is 6.61 Å². The number of aliphatic imine (C=N–C) groups is 1. The molecule has 0 aliphatic heterocycles. The molecule has 0 amide bonds. The summed E-state index contributed by atoms with van der Waals surface area (Å²) >= 11 is 0. The highest BCUT2D eigenvalue weighted by Crippen LogP contribution is 2.12. The van der Waals surface area contributed by atoms with Crippen molar-refractivity contribution in [1.82, 2.24) is 0 Å². The van der Waals surface area contributed by atoms with Crippen LogP contribution in [0.25, 0.3) is 0 Å². The van der Waals surface area contributed by atoms with Crippen LogP contribution in [0, 0.1) is 0 Å². The Morgan fingerprint density at radius 1 is 1.92 bits per heavy atom. The fourth-order valence-corrected chi connectivity index (χ4v) is 0.650. The van der Waals surface area contributed by atoms with Crippen LogP contribution in [0.3, 0.4) is 0 Å². The second kappa shape index (κ2) is 6.02. The summed E-state index contributed by atoms with van der Waals surface area (Å²) in [6, 6.07) is 0. The van der Waals surface area contributed by atoms with Gasteiger partial charge in [-0.25, -0.2) is 0 Å². The van der Waals surface area contributed by atoms with Crippen molar-refractivity contribution in [1.29, 1.82) is 0 Å². The highest BCUT2D eigenvalue weighted by atomic mass is 31.1. The molecular weight excluding hydrogens is 185 g/mol. The quantitative estimate of drug-likeness (QED) is 0.190. The van der Waals surface area contributed by atoms with Gasteiger partial charge >= 0.3 is 8.25 Å². The Balaban J connectivity index is 3.53. The Hall–Kier alpha value is -0.550. The Bertz CT molecular complexity index is 181. The van der Waals surface area contributed by atoms with Crippen molar-refractivity contribution in [2.24, 2.45) is 4.99 Å². The lowest BCUT2D eigenvalue weighted by Crippen LogP contribution is -2.30. The first kappa shape index (κ1) is 11.4. The standard InChI is InChI=1S/C5H10NO5P/c1-4(7)5(8)6-2-3-11-12(9)10/h4,7H,2-3H2,1H3,(H-,6,8,9,10)/p+1. The Morgan fingerprint density at radius 3 is 2.92 bits per heavy atom. The lowest BCUT2D eigenvalue weighted by Gasteiger charge is -2.08. The highest BCUT2D eigenvalue weighted by Gasteiger charge is 2.09. The average Bonchev–Trinajstić information content (AvgIpc) is 1.97. The summed E-state index contributed by atoms with van der Waals surface area (Å²) < 4.78 is 14.2. The van der Waals surface area contributed by atoms with E-state index in [0.717, 1.165) is 0 Å².